The molecule has 0 aliphatic carbocycles. The minimum atomic E-state index is 0.504. The van der Waals surface area contributed by atoms with Crippen molar-refractivity contribution in [2.75, 3.05) is 44.7 Å². The summed E-state index contributed by atoms with van der Waals surface area (Å²) in [6, 6.07) is 1.85. The maximum atomic E-state index is 6.44. The van der Waals surface area contributed by atoms with Crippen molar-refractivity contribution in [2.45, 2.75) is 33.2 Å². The quantitative estimate of drug-likeness (QED) is 0.294. The third-order valence-corrected chi connectivity index (χ3v) is 7.08. The first-order valence-electron chi connectivity index (χ1n) is 12.5. The minimum absolute atomic E-state index is 0.504. The number of ether oxygens (including phenoxy) is 1. The first-order valence-corrected chi connectivity index (χ1v) is 12.9. The maximum absolute atomic E-state index is 6.44. The second-order valence-electron chi connectivity index (χ2n) is 9.24. The third kappa shape index (κ3) is 5.41. The molecule has 1 aliphatic rings. The van der Waals surface area contributed by atoms with Crippen molar-refractivity contribution < 1.29 is 4.74 Å². The summed E-state index contributed by atoms with van der Waals surface area (Å²) in [5.41, 5.74) is 4.62. The molecule has 5 heterocycles. The summed E-state index contributed by atoms with van der Waals surface area (Å²) < 4.78 is 7.61. The number of aromatic amines is 1. The van der Waals surface area contributed by atoms with Gasteiger partial charge in [-0.1, -0.05) is 23.4 Å². The van der Waals surface area contributed by atoms with Gasteiger partial charge in [0.05, 0.1) is 30.3 Å². The number of halogens is 1. The van der Waals surface area contributed by atoms with E-state index in [1.807, 2.05) is 36.9 Å². The van der Waals surface area contributed by atoms with E-state index in [0.717, 1.165) is 90.7 Å². The second-order valence-corrected chi connectivity index (χ2v) is 9.61. The van der Waals surface area contributed by atoms with Gasteiger partial charge in [-0.25, -0.2) is 9.97 Å². The molecule has 0 saturated carbocycles. The Hall–Kier alpha value is -3.61. The molecule has 4 aromatic rings. The number of hydrogen-bond acceptors (Lipinski definition) is 7. The van der Waals surface area contributed by atoms with Crippen LogP contribution in [0.1, 0.15) is 35.2 Å². The molecular formula is C27H31ClN8O. The number of nitrogens with zero attached hydrogens (tertiary/aromatic N) is 7. The van der Waals surface area contributed by atoms with Gasteiger partial charge in [-0.3, -0.25) is 15.0 Å². The van der Waals surface area contributed by atoms with Crippen LogP contribution in [0.15, 0.2) is 30.9 Å². The third-order valence-electron chi connectivity index (χ3n) is 6.81. The van der Waals surface area contributed by atoms with Crippen molar-refractivity contribution in [1.29, 1.82) is 0 Å². The number of anilines is 1. The Labute approximate surface area is 221 Å². The van der Waals surface area contributed by atoms with E-state index in [1.165, 1.54) is 0 Å². The van der Waals surface area contributed by atoms with Crippen LogP contribution in [0.25, 0.3) is 11.0 Å². The van der Waals surface area contributed by atoms with Crippen LogP contribution in [0, 0.1) is 25.7 Å². The number of unbranched alkanes of at least 4 members (excludes halogenated alkanes) is 1. The van der Waals surface area contributed by atoms with E-state index in [0.29, 0.717) is 11.7 Å². The molecule has 0 aromatic carbocycles. The predicted octanol–water partition coefficient (Wildman–Crippen LogP) is 3.83. The Morgan fingerprint density at radius 1 is 1.11 bits per heavy atom. The summed E-state index contributed by atoms with van der Waals surface area (Å²) in [7, 11) is 1.69. The molecule has 1 saturated heterocycles. The molecule has 1 aliphatic heterocycles. The van der Waals surface area contributed by atoms with E-state index in [1.54, 1.807) is 19.5 Å². The molecule has 0 bridgehead atoms. The van der Waals surface area contributed by atoms with Crippen LogP contribution < -0.4 is 9.64 Å². The molecule has 0 atom stereocenters. The lowest BCUT2D eigenvalue weighted by molar-refractivity contribution is 0.255. The fourth-order valence-corrected chi connectivity index (χ4v) is 5.05. The highest BCUT2D eigenvalue weighted by atomic mass is 35.5. The fourth-order valence-electron chi connectivity index (χ4n) is 4.82. The van der Waals surface area contributed by atoms with Crippen LogP contribution in [0.2, 0.25) is 5.15 Å². The number of nitrogens with one attached hydrogen (secondary N) is 1. The molecule has 9 nitrogen and oxygen atoms in total. The number of rotatable bonds is 7. The lowest BCUT2D eigenvalue weighted by atomic mass is 10.1. The zero-order chi connectivity index (χ0) is 25.8. The maximum Gasteiger partial charge on any atom is 0.225 e. The summed E-state index contributed by atoms with van der Waals surface area (Å²) >= 11 is 6.44. The molecule has 0 radical (unpaired) electrons. The highest BCUT2D eigenvalue weighted by Crippen LogP contribution is 2.29. The zero-order valence-corrected chi connectivity index (χ0v) is 22.2. The van der Waals surface area contributed by atoms with Gasteiger partial charge < -0.3 is 14.2 Å². The Kier molecular flexibility index (Phi) is 7.58. The van der Waals surface area contributed by atoms with Crippen LogP contribution in [-0.4, -0.2) is 74.4 Å². The van der Waals surface area contributed by atoms with Gasteiger partial charge in [-0.05, 0) is 32.9 Å². The summed E-state index contributed by atoms with van der Waals surface area (Å²) in [4.78, 5) is 18.1. The average Bonchev–Trinajstić information content (AvgIpc) is 3.47. The van der Waals surface area contributed by atoms with Crippen molar-refractivity contribution in [3.8, 4) is 17.6 Å². The van der Waals surface area contributed by atoms with Crippen LogP contribution >= 0.6 is 11.6 Å². The monoisotopic (exact) mass is 518 g/mol. The number of methoxy groups -OCH3 is 1. The topological polar surface area (TPSA) is 88.0 Å². The summed E-state index contributed by atoms with van der Waals surface area (Å²) in [6.07, 6.45) is 9.29. The second kappa shape index (κ2) is 11.2. The minimum Gasteiger partial charge on any atom is -0.496 e. The van der Waals surface area contributed by atoms with Gasteiger partial charge in [0.15, 0.2) is 5.65 Å². The Balaban J connectivity index is 1.20. The Morgan fingerprint density at radius 2 is 1.89 bits per heavy atom. The van der Waals surface area contributed by atoms with Crippen molar-refractivity contribution >= 4 is 28.6 Å². The number of fused-ring (bicyclic) bond motifs is 1. The van der Waals surface area contributed by atoms with Crippen LogP contribution in [-0.2, 0) is 6.54 Å². The van der Waals surface area contributed by atoms with Gasteiger partial charge >= 0.3 is 0 Å². The molecule has 1 N–H and O–H groups in total. The smallest absolute Gasteiger partial charge is 0.225 e. The van der Waals surface area contributed by atoms with E-state index < -0.39 is 0 Å². The number of aromatic nitrogens is 6. The van der Waals surface area contributed by atoms with E-state index in [4.69, 9.17) is 16.3 Å². The first kappa shape index (κ1) is 25.1. The number of piperazine rings is 1. The van der Waals surface area contributed by atoms with E-state index in [2.05, 4.69) is 46.8 Å². The SMILES string of the molecule is COc1c(C)cnc(Cn2cc(C#CCCCN3CCN(c4ncccn4)CC3)c3c(Cl)[nH]nc32)c1C. The molecule has 1 fully saturated rings. The predicted molar refractivity (Wildman–Crippen MR) is 145 cm³/mol. The summed E-state index contributed by atoms with van der Waals surface area (Å²) in [5, 5.41) is 8.67. The highest BCUT2D eigenvalue weighted by molar-refractivity contribution is 6.34. The fraction of sp³-hybridized carbons (Fsp3) is 0.407. The van der Waals surface area contributed by atoms with E-state index in [-0.39, 0.29) is 0 Å². The van der Waals surface area contributed by atoms with Crippen LogP contribution in [0.5, 0.6) is 5.75 Å². The van der Waals surface area contributed by atoms with Gasteiger partial charge in [0, 0.05) is 68.5 Å². The van der Waals surface area contributed by atoms with Gasteiger partial charge in [-0.2, -0.15) is 5.10 Å². The normalized spacial score (nSPS) is 14.1. The standard InChI is InChI=1S/C27H31ClN8O/c1-19-16-31-22(20(2)24(19)37-3)18-36-17-21(23-25(28)32-33-26(23)36)8-5-4-6-11-34-12-14-35(15-13-34)27-29-9-7-10-30-27/h7,9-10,16-17H,4,6,11-15,18H2,1-3H3,(H,32,33). The van der Waals surface area contributed by atoms with Gasteiger partial charge in [0.2, 0.25) is 5.95 Å². The van der Waals surface area contributed by atoms with Gasteiger partial charge in [0.1, 0.15) is 10.9 Å². The first-order chi connectivity index (χ1) is 18.0. The molecule has 10 heteroatoms. The summed E-state index contributed by atoms with van der Waals surface area (Å²) in [6.45, 7) is 9.53. The molecular weight excluding hydrogens is 488 g/mol. The lowest BCUT2D eigenvalue weighted by Crippen LogP contribution is -2.47. The van der Waals surface area contributed by atoms with Crippen molar-refractivity contribution in [1.82, 2.24) is 34.6 Å². The number of pyridine rings is 1. The Morgan fingerprint density at radius 3 is 2.65 bits per heavy atom. The van der Waals surface area contributed by atoms with E-state index in [9.17, 15) is 0 Å². The number of H-pyrrole nitrogens is 1. The van der Waals surface area contributed by atoms with Crippen LogP contribution in [0.4, 0.5) is 5.95 Å². The van der Waals surface area contributed by atoms with Crippen molar-refractivity contribution in [3.63, 3.8) is 0 Å². The number of hydrogen-bond donors (Lipinski definition) is 1. The molecule has 0 spiro atoms. The molecule has 5 rings (SSSR count). The van der Waals surface area contributed by atoms with Crippen molar-refractivity contribution in [2.24, 2.45) is 0 Å². The number of aryl methyl sites for hydroxylation is 1. The molecule has 37 heavy (non-hydrogen) atoms. The Bertz CT molecular complexity index is 1430. The zero-order valence-electron chi connectivity index (χ0n) is 21.5. The molecule has 0 unspecified atom stereocenters. The van der Waals surface area contributed by atoms with E-state index >= 15 is 0 Å². The van der Waals surface area contributed by atoms with Gasteiger partial charge in [0.25, 0.3) is 0 Å². The molecule has 4 aromatic heterocycles. The molecule has 0 amide bonds. The van der Waals surface area contributed by atoms with Gasteiger partial charge in [-0.15, -0.1) is 0 Å². The average molecular weight is 519 g/mol. The summed E-state index contributed by atoms with van der Waals surface area (Å²) in [5.74, 6) is 8.35. The highest BCUT2D eigenvalue weighted by Gasteiger charge is 2.19. The van der Waals surface area contributed by atoms with Crippen molar-refractivity contribution in [3.05, 3.63) is 58.4 Å². The largest absolute Gasteiger partial charge is 0.496 e. The van der Waals surface area contributed by atoms with Crippen LogP contribution in [0.3, 0.4) is 0 Å². The molecule has 192 valence electrons. The lowest BCUT2D eigenvalue weighted by Gasteiger charge is -2.34.